The van der Waals surface area contributed by atoms with E-state index in [0.717, 1.165) is 6.42 Å². The van der Waals surface area contributed by atoms with Gasteiger partial charge in [-0.05, 0) is 12.5 Å². The molecular formula is C10H11N3O2. The zero-order valence-corrected chi connectivity index (χ0v) is 8.14. The van der Waals surface area contributed by atoms with Crippen molar-refractivity contribution in [3.63, 3.8) is 0 Å². The fourth-order valence-electron chi connectivity index (χ4n) is 1.08. The second-order valence-electron chi connectivity index (χ2n) is 2.86. The highest BCUT2D eigenvalue weighted by Crippen LogP contribution is 2.19. The quantitative estimate of drug-likeness (QED) is 0.344. The molecule has 5 nitrogen and oxygen atoms in total. The topological polar surface area (TPSA) is 68.1 Å². The number of rotatable bonds is 5. The summed E-state index contributed by atoms with van der Waals surface area (Å²) >= 11 is 0. The third-order valence-corrected chi connectivity index (χ3v) is 1.77. The lowest BCUT2D eigenvalue weighted by atomic mass is 10.3. The molecule has 1 aromatic heterocycles. The van der Waals surface area contributed by atoms with E-state index in [4.69, 9.17) is 6.42 Å². The zero-order valence-electron chi connectivity index (χ0n) is 8.14. The van der Waals surface area contributed by atoms with Crippen LogP contribution in [0.15, 0.2) is 18.3 Å². The first kappa shape index (κ1) is 11.0. The minimum absolute atomic E-state index is 0.0155. The van der Waals surface area contributed by atoms with E-state index >= 15 is 0 Å². The Labute approximate surface area is 87.7 Å². The van der Waals surface area contributed by atoms with Crippen LogP contribution in [-0.4, -0.2) is 16.5 Å². The van der Waals surface area contributed by atoms with Crippen LogP contribution < -0.4 is 5.32 Å². The third-order valence-electron chi connectivity index (χ3n) is 1.77. The molecule has 0 amide bonds. The van der Waals surface area contributed by atoms with Gasteiger partial charge in [0.2, 0.25) is 5.82 Å². The lowest BCUT2D eigenvalue weighted by Gasteiger charge is -2.03. The molecule has 1 N–H and O–H groups in total. The molecule has 0 spiro atoms. The van der Waals surface area contributed by atoms with Gasteiger partial charge in [-0.1, -0.05) is 0 Å². The smallest absolute Gasteiger partial charge is 0.311 e. The Morgan fingerprint density at radius 1 is 1.67 bits per heavy atom. The Morgan fingerprint density at radius 3 is 3.13 bits per heavy atom. The molecule has 78 valence electrons. The predicted octanol–water partition coefficient (Wildman–Crippen LogP) is 1.82. The van der Waals surface area contributed by atoms with E-state index < -0.39 is 4.92 Å². The Bertz CT molecular complexity index is 384. The van der Waals surface area contributed by atoms with Crippen LogP contribution in [-0.2, 0) is 0 Å². The summed E-state index contributed by atoms with van der Waals surface area (Å²) in [6, 6.07) is 2.95. The van der Waals surface area contributed by atoms with Crippen molar-refractivity contribution in [3.05, 3.63) is 28.4 Å². The summed E-state index contributed by atoms with van der Waals surface area (Å²) in [7, 11) is 0. The molecule has 0 aliphatic carbocycles. The molecule has 0 bridgehead atoms. The fourth-order valence-corrected chi connectivity index (χ4v) is 1.08. The Balaban J connectivity index is 2.60. The summed E-state index contributed by atoms with van der Waals surface area (Å²) in [6.07, 6.45) is 8.01. The van der Waals surface area contributed by atoms with Crippen molar-refractivity contribution in [1.29, 1.82) is 0 Å². The average molecular weight is 205 g/mol. The van der Waals surface area contributed by atoms with Crippen LogP contribution >= 0.6 is 0 Å². The first-order valence-corrected chi connectivity index (χ1v) is 4.52. The zero-order chi connectivity index (χ0) is 11.1. The molecule has 15 heavy (non-hydrogen) atoms. The van der Waals surface area contributed by atoms with Crippen LogP contribution in [0.5, 0.6) is 0 Å². The number of nitro groups is 1. The van der Waals surface area contributed by atoms with E-state index in [1.807, 2.05) is 0 Å². The van der Waals surface area contributed by atoms with Gasteiger partial charge in [-0.15, -0.1) is 12.3 Å². The van der Waals surface area contributed by atoms with Crippen molar-refractivity contribution < 1.29 is 4.92 Å². The molecule has 0 aliphatic heterocycles. The molecule has 1 rings (SSSR count). The summed E-state index contributed by atoms with van der Waals surface area (Å²) in [6.45, 7) is 0.585. The largest absolute Gasteiger partial charge is 0.364 e. The lowest BCUT2D eigenvalue weighted by molar-refractivity contribution is -0.384. The SMILES string of the molecule is C#CCCCNc1ncccc1[N+](=O)[O-]. The van der Waals surface area contributed by atoms with Gasteiger partial charge in [0.05, 0.1) is 4.92 Å². The first-order chi connectivity index (χ1) is 7.25. The molecule has 5 heteroatoms. The molecule has 0 fully saturated rings. The highest BCUT2D eigenvalue weighted by atomic mass is 16.6. The monoisotopic (exact) mass is 205 g/mol. The Hall–Kier alpha value is -2.09. The maximum absolute atomic E-state index is 10.6. The molecular weight excluding hydrogens is 194 g/mol. The molecule has 1 aromatic rings. The third kappa shape index (κ3) is 3.27. The minimum Gasteiger partial charge on any atom is -0.364 e. The molecule has 0 saturated carbocycles. The van der Waals surface area contributed by atoms with Crippen molar-refractivity contribution in [3.8, 4) is 12.3 Å². The van der Waals surface area contributed by atoms with Gasteiger partial charge >= 0.3 is 5.69 Å². The highest BCUT2D eigenvalue weighted by molar-refractivity contribution is 5.54. The van der Waals surface area contributed by atoms with E-state index in [1.165, 1.54) is 18.3 Å². The van der Waals surface area contributed by atoms with Gasteiger partial charge in [-0.2, -0.15) is 0 Å². The number of hydrogen-bond acceptors (Lipinski definition) is 4. The number of hydrogen-bond donors (Lipinski definition) is 1. The number of unbranched alkanes of at least 4 members (excludes halogenated alkanes) is 1. The molecule has 0 radical (unpaired) electrons. The second kappa shape index (κ2) is 5.60. The highest BCUT2D eigenvalue weighted by Gasteiger charge is 2.12. The summed E-state index contributed by atoms with van der Waals surface area (Å²) in [5.41, 5.74) is -0.0155. The molecule has 0 unspecified atom stereocenters. The van der Waals surface area contributed by atoms with Crippen molar-refractivity contribution in [2.24, 2.45) is 0 Å². The van der Waals surface area contributed by atoms with E-state index in [1.54, 1.807) is 0 Å². The Morgan fingerprint density at radius 2 is 2.47 bits per heavy atom. The number of nitrogens with zero attached hydrogens (tertiary/aromatic N) is 2. The number of terminal acetylenes is 1. The maximum atomic E-state index is 10.6. The van der Waals surface area contributed by atoms with Crippen LogP contribution in [0.2, 0.25) is 0 Å². The number of pyridine rings is 1. The van der Waals surface area contributed by atoms with Gasteiger partial charge in [0.25, 0.3) is 0 Å². The van der Waals surface area contributed by atoms with E-state index in [0.29, 0.717) is 18.8 Å². The van der Waals surface area contributed by atoms with Gasteiger partial charge in [0.15, 0.2) is 0 Å². The number of aromatic nitrogens is 1. The van der Waals surface area contributed by atoms with Gasteiger partial charge in [0, 0.05) is 25.2 Å². The maximum Gasteiger partial charge on any atom is 0.311 e. The molecule has 0 atom stereocenters. The summed E-state index contributed by atoms with van der Waals surface area (Å²) in [4.78, 5) is 14.0. The summed E-state index contributed by atoms with van der Waals surface area (Å²) < 4.78 is 0. The van der Waals surface area contributed by atoms with Gasteiger partial charge in [-0.3, -0.25) is 10.1 Å². The molecule has 0 aromatic carbocycles. The minimum atomic E-state index is -0.462. The number of anilines is 1. The predicted molar refractivity (Wildman–Crippen MR) is 57.4 cm³/mol. The van der Waals surface area contributed by atoms with Crippen molar-refractivity contribution in [2.75, 3.05) is 11.9 Å². The normalized spacial score (nSPS) is 9.27. The van der Waals surface area contributed by atoms with Gasteiger partial charge in [0.1, 0.15) is 0 Å². The fraction of sp³-hybridized carbons (Fsp3) is 0.300. The van der Waals surface area contributed by atoms with Crippen LogP contribution in [0.4, 0.5) is 11.5 Å². The van der Waals surface area contributed by atoms with Crippen LogP contribution in [0.3, 0.4) is 0 Å². The Kier molecular flexibility index (Phi) is 4.10. The average Bonchev–Trinajstić information content (AvgIpc) is 2.25. The lowest BCUT2D eigenvalue weighted by Crippen LogP contribution is -2.05. The van der Waals surface area contributed by atoms with Gasteiger partial charge in [-0.25, -0.2) is 4.98 Å². The second-order valence-corrected chi connectivity index (χ2v) is 2.86. The van der Waals surface area contributed by atoms with Crippen molar-refractivity contribution in [1.82, 2.24) is 4.98 Å². The van der Waals surface area contributed by atoms with Crippen molar-refractivity contribution >= 4 is 11.5 Å². The van der Waals surface area contributed by atoms with Crippen LogP contribution in [0, 0.1) is 22.5 Å². The first-order valence-electron chi connectivity index (χ1n) is 4.52. The van der Waals surface area contributed by atoms with E-state index in [-0.39, 0.29) is 5.69 Å². The van der Waals surface area contributed by atoms with E-state index in [2.05, 4.69) is 16.2 Å². The van der Waals surface area contributed by atoms with Crippen LogP contribution in [0.1, 0.15) is 12.8 Å². The summed E-state index contributed by atoms with van der Waals surface area (Å²) in [5, 5.41) is 13.5. The summed E-state index contributed by atoms with van der Waals surface area (Å²) in [5.74, 6) is 2.79. The van der Waals surface area contributed by atoms with Crippen LogP contribution in [0.25, 0.3) is 0 Å². The van der Waals surface area contributed by atoms with E-state index in [9.17, 15) is 10.1 Å². The number of nitrogens with one attached hydrogen (secondary N) is 1. The molecule has 1 heterocycles. The molecule has 0 aliphatic rings. The van der Waals surface area contributed by atoms with Gasteiger partial charge < -0.3 is 5.32 Å². The molecule has 0 saturated heterocycles. The van der Waals surface area contributed by atoms with Crippen molar-refractivity contribution in [2.45, 2.75) is 12.8 Å². The standard InChI is InChI=1S/C10H11N3O2/c1-2-3-4-7-11-10-9(13(14)15)6-5-8-12-10/h1,5-6,8H,3-4,7H2,(H,11,12).